The summed E-state index contributed by atoms with van der Waals surface area (Å²) in [7, 11) is 0. The molecule has 434 valence electrons. The number of allylic oxidation sites excluding steroid dienone is 6. The van der Waals surface area contributed by atoms with Gasteiger partial charge in [0.05, 0.1) is 0 Å². The molecule has 0 aromatic rings. The number of ether oxygens (including phenoxy) is 3. The summed E-state index contributed by atoms with van der Waals surface area (Å²) in [6, 6.07) is 0. The van der Waals surface area contributed by atoms with Gasteiger partial charge in [-0.1, -0.05) is 301 Å². The normalized spacial score (nSPS) is 12.2. The number of hydrogen-bond donors (Lipinski definition) is 0. The molecule has 0 aliphatic carbocycles. The van der Waals surface area contributed by atoms with Crippen molar-refractivity contribution in [2.75, 3.05) is 13.2 Å². The van der Waals surface area contributed by atoms with Gasteiger partial charge in [0.1, 0.15) is 13.2 Å². The zero-order valence-corrected chi connectivity index (χ0v) is 49.9. The molecule has 0 aliphatic heterocycles. The summed E-state index contributed by atoms with van der Waals surface area (Å²) in [5.74, 6) is -0.863. The van der Waals surface area contributed by atoms with E-state index >= 15 is 0 Å². The molecular formula is C68H126O6. The lowest BCUT2D eigenvalue weighted by molar-refractivity contribution is -0.167. The molecule has 0 rings (SSSR count). The van der Waals surface area contributed by atoms with E-state index in [-0.39, 0.29) is 31.1 Å². The van der Waals surface area contributed by atoms with E-state index in [0.29, 0.717) is 19.3 Å². The van der Waals surface area contributed by atoms with Gasteiger partial charge in [-0.3, -0.25) is 14.4 Å². The average molecular weight is 1040 g/mol. The summed E-state index contributed by atoms with van der Waals surface area (Å²) >= 11 is 0. The largest absolute Gasteiger partial charge is 0.462 e. The van der Waals surface area contributed by atoms with Crippen LogP contribution in [0.25, 0.3) is 0 Å². The van der Waals surface area contributed by atoms with Gasteiger partial charge in [-0.05, 0) is 77.0 Å². The molecular weight excluding hydrogens is 913 g/mol. The van der Waals surface area contributed by atoms with Gasteiger partial charge in [-0.15, -0.1) is 0 Å². The highest BCUT2D eigenvalue weighted by Gasteiger charge is 2.19. The maximum atomic E-state index is 12.9. The molecule has 0 aromatic heterocycles. The Balaban J connectivity index is 4.26. The van der Waals surface area contributed by atoms with Crippen LogP contribution in [-0.4, -0.2) is 37.2 Å². The van der Waals surface area contributed by atoms with Crippen LogP contribution in [0.3, 0.4) is 0 Å². The molecule has 0 aliphatic rings. The topological polar surface area (TPSA) is 78.9 Å². The molecule has 0 saturated carbocycles. The van der Waals surface area contributed by atoms with Crippen molar-refractivity contribution in [1.29, 1.82) is 0 Å². The van der Waals surface area contributed by atoms with Crippen LogP contribution in [0, 0.1) is 0 Å². The highest BCUT2D eigenvalue weighted by atomic mass is 16.6. The van der Waals surface area contributed by atoms with Gasteiger partial charge in [-0.25, -0.2) is 0 Å². The Hall–Kier alpha value is -2.37. The molecule has 0 radical (unpaired) electrons. The van der Waals surface area contributed by atoms with Crippen LogP contribution < -0.4 is 0 Å². The van der Waals surface area contributed by atoms with E-state index in [1.165, 1.54) is 238 Å². The highest BCUT2D eigenvalue weighted by Crippen LogP contribution is 2.17. The lowest BCUT2D eigenvalue weighted by Crippen LogP contribution is -2.30. The zero-order chi connectivity index (χ0) is 53.6. The Morgan fingerprint density at radius 1 is 0.270 bits per heavy atom. The Morgan fingerprint density at radius 3 is 0.770 bits per heavy atom. The van der Waals surface area contributed by atoms with Gasteiger partial charge in [-0.2, -0.15) is 0 Å². The summed E-state index contributed by atoms with van der Waals surface area (Å²) in [5, 5.41) is 0. The second-order valence-corrected chi connectivity index (χ2v) is 22.4. The third kappa shape index (κ3) is 60.5. The summed E-state index contributed by atoms with van der Waals surface area (Å²) < 4.78 is 16.9. The van der Waals surface area contributed by atoms with Crippen molar-refractivity contribution < 1.29 is 28.6 Å². The molecule has 1 unspecified atom stereocenters. The van der Waals surface area contributed by atoms with Gasteiger partial charge in [0.25, 0.3) is 0 Å². The Labute approximate surface area is 461 Å². The number of hydrogen-bond acceptors (Lipinski definition) is 6. The molecule has 0 saturated heterocycles. The monoisotopic (exact) mass is 1040 g/mol. The standard InChI is InChI=1S/C68H126O6/c1-4-7-10-13-16-19-22-25-28-30-31-32-33-34-35-36-37-38-41-43-46-49-52-55-58-61-67(70)73-64-65(63-72-66(69)60-57-54-51-48-45-42-39-27-24-21-18-15-12-9-6-3)74-68(71)62-59-56-53-50-47-44-40-29-26-23-20-17-14-11-8-5-2/h20,23,29-31,40,65H,4-19,21-22,24-28,32-39,41-64H2,1-3H3/b23-20-,31-30-,40-29-. The Kier molecular flexibility index (Phi) is 61.1. The molecule has 0 spiro atoms. The van der Waals surface area contributed by atoms with E-state index in [1.807, 2.05) is 0 Å². The van der Waals surface area contributed by atoms with Crippen LogP contribution in [0.4, 0.5) is 0 Å². The van der Waals surface area contributed by atoms with Crippen molar-refractivity contribution in [3.05, 3.63) is 36.5 Å². The van der Waals surface area contributed by atoms with E-state index in [0.717, 1.165) is 83.5 Å². The second kappa shape index (κ2) is 63.2. The van der Waals surface area contributed by atoms with Crippen molar-refractivity contribution in [1.82, 2.24) is 0 Å². The smallest absolute Gasteiger partial charge is 0.306 e. The Morgan fingerprint density at radius 2 is 0.486 bits per heavy atom. The van der Waals surface area contributed by atoms with Crippen LogP contribution in [0.5, 0.6) is 0 Å². The van der Waals surface area contributed by atoms with E-state index in [1.54, 1.807) is 0 Å². The lowest BCUT2D eigenvalue weighted by atomic mass is 10.0. The van der Waals surface area contributed by atoms with Crippen molar-refractivity contribution in [3.8, 4) is 0 Å². The van der Waals surface area contributed by atoms with Crippen LogP contribution in [0.2, 0.25) is 0 Å². The maximum absolute atomic E-state index is 12.9. The van der Waals surface area contributed by atoms with E-state index in [4.69, 9.17) is 14.2 Å². The first-order valence-electron chi connectivity index (χ1n) is 33.0. The molecule has 0 fully saturated rings. The summed E-state index contributed by atoms with van der Waals surface area (Å²) in [6.07, 6.45) is 77.3. The number of rotatable bonds is 61. The SMILES string of the molecule is CCCCCC/C=C\C/C=C\CCCCCCCC(=O)OC(COC(=O)CCCCCCCCCCCCCCC/C=C\CCCCCCCCCC)COC(=O)CCCCCCCCCCCCCCCCC. The third-order valence-electron chi connectivity index (χ3n) is 14.9. The molecule has 0 amide bonds. The molecule has 1 atom stereocenters. The molecule has 6 nitrogen and oxygen atoms in total. The average Bonchev–Trinajstić information content (AvgIpc) is 3.40. The number of unbranched alkanes of at least 4 members (excludes halogenated alkanes) is 44. The van der Waals surface area contributed by atoms with Gasteiger partial charge < -0.3 is 14.2 Å². The summed E-state index contributed by atoms with van der Waals surface area (Å²) in [4.78, 5) is 38.3. The van der Waals surface area contributed by atoms with Crippen molar-refractivity contribution in [2.24, 2.45) is 0 Å². The number of esters is 3. The minimum atomic E-state index is -0.777. The van der Waals surface area contributed by atoms with Crippen LogP contribution in [0.1, 0.15) is 361 Å². The predicted molar refractivity (Wildman–Crippen MR) is 321 cm³/mol. The van der Waals surface area contributed by atoms with Crippen molar-refractivity contribution in [2.45, 2.75) is 367 Å². The third-order valence-corrected chi connectivity index (χ3v) is 14.9. The van der Waals surface area contributed by atoms with E-state index < -0.39 is 6.10 Å². The van der Waals surface area contributed by atoms with E-state index in [2.05, 4.69) is 57.2 Å². The quantitative estimate of drug-likeness (QED) is 0.0261. The van der Waals surface area contributed by atoms with Crippen molar-refractivity contribution in [3.63, 3.8) is 0 Å². The molecule has 0 bridgehead atoms. The molecule has 0 aromatic carbocycles. The summed E-state index contributed by atoms with van der Waals surface area (Å²) in [5.41, 5.74) is 0. The minimum Gasteiger partial charge on any atom is -0.462 e. The number of carbonyl (C=O) groups excluding carboxylic acids is 3. The first-order valence-corrected chi connectivity index (χ1v) is 33.0. The lowest BCUT2D eigenvalue weighted by Gasteiger charge is -2.18. The number of carbonyl (C=O) groups is 3. The molecule has 6 heteroatoms. The molecule has 0 heterocycles. The van der Waals surface area contributed by atoms with Crippen LogP contribution >= 0.6 is 0 Å². The predicted octanol–water partition coefficient (Wildman–Crippen LogP) is 22.4. The van der Waals surface area contributed by atoms with Gasteiger partial charge in [0.2, 0.25) is 0 Å². The Bertz CT molecular complexity index is 1240. The van der Waals surface area contributed by atoms with Gasteiger partial charge in [0, 0.05) is 19.3 Å². The zero-order valence-electron chi connectivity index (χ0n) is 49.9. The first kappa shape index (κ1) is 71.6. The van der Waals surface area contributed by atoms with Crippen molar-refractivity contribution >= 4 is 17.9 Å². The minimum absolute atomic E-state index is 0.0732. The molecule has 0 N–H and O–H groups in total. The van der Waals surface area contributed by atoms with Crippen LogP contribution in [-0.2, 0) is 28.6 Å². The van der Waals surface area contributed by atoms with Crippen LogP contribution in [0.15, 0.2) is 36.5 Å². The van der Waals surface area contributed by atoms with Gasteiger partial charge >= 0.3 is 17.9 Å². The summed E-state index contributed by atoms with van der Waals surface area (Å²) in [6.45, 7) is 6.67. The van der Waals surface area contributed by atoms with E-state index in [9.17, 15) is 14.4 Å². The molecule has 74 heavy (non-hydrogen) atoms. The second-order valence-electron chi connectivity index (χ2n) is 22.4. The maximum Gasteiger partial charge on any atom is 0.306 e. The fourth-order valence-electron chi connectivity index (χ4n) is 9.88. The fraction of sp³-hybridized carbons (Fsp3) is 0.868. The first-order chi connectivity index (χ1) is 36.5. The fourth-order valence-corrected chi connectivity index (χ4v) is 9.88. The highest BCUT2D eigenvalue weighted by molar-refractivity contribution is 5.71. The van der Waals surface area contributed by atoms with Gasteiger partial charge in [0.15, 0.2) is 6.10 Å².